The number of rotatable bonds is 1. The predicted molar refractivity (Wildman–Crippen MR) is 44.3 cm³/mol. The van der Waals surface area contributed by atoms with Crippen molar-refractivity contribution in [3.05, 3.63) is 0 Å². The molecule has 1 heterocycles. The molecule has 3 nitrogen and oxygen atoms in total. The Balaban J connectivity index is 2.51. The van der Waals surface area contributed by atoms with Crippen molar-refractivity contribution in [3.63, 3.8) is 0 Å². The van der Waals surface area contributed by atoms with Gasteiger partial charge in [0.25, 0.3) is 0 Å². The van der Waals surface area contributed by atoms with E-state index < -0.39 is 0 Å². The number of nitrogens with one attached hydrogen (secondary N) is 2. The first-order chi connectivity index (χ1) is 5.02. The molecule has 11 heavy (non-hydrogen) atoms. The molecule has 1 rings (SSSR count). The first-order valence-electron chi connectivity index (χ1n) is 4.04. The van der Waals surface area contributed by atoms with Gasteiger partial charge >= 0.3 is 0 Å². The van der Waals surface area contributed by atoms with E-state index in [2.05, 4.69) is 24.5 Å². The van der Waals surface area contributed by atoms with Crippen LogP contribution < -0.4 is 10.6 Å². The maximum atomic E-state index is 10.7. The number of amides is 1. The number of carbonyl (C=O) groups excluding carboxylic acids is 1. The van der Waals surface area contributed by atoms with Crippen LogP contribution in [0.3, 0.4) is 0 Å². The van der Waals surface area contributed by atoms with Crippen molar-refractivity contribution < 1.29 is 4.79 Å². The zero-order valence-corrected chi connectivity index (χ0v) is 7.40. The summed E-state index contributed by atoms with van der Waals surface area (Å²) in [4.78, 5) is 10.7. The Morgan fingerprint density at radius 1 is 1.64 bits per heavy atom. The normalized spacial score (nSPS) is 28.5. The van der Waals surface area contributed by atoms with Crippen molar-refractivity contribution in [2.45, 2.75) is 38.8 Å². The molecule has 1 fully saturated rings. The highest BCUT2D eigenvalue weighted by molar-refractivity contribution is 5.73. The summed E-state index contributed by atoms with van der Waals surface area (Å²) in [6.45, 7) is 6.79. The Hall–Kier alpha value is -0.570. The van der Waals surface area contributed by atoms with Gasteiger partial charge in [0.15, 0.2) is 0 Å². The van der Waals surface area contributed by atoms with Crippen LogP contribution in [0.5, 0.6) is 0 Å². The van der Waals surface area contributed by atoms with Gasteiger partial charge in [0.05, 0.1) is 0 Å². The van der Waals surface area contributed by atoms with Gasteiger partial charge in [-0.25, -0.2) is 0 Å². The van der Waals surface area contributed by atoms with Crippen LogP contribution in [0.4, 0.5) is 0 Å². The lowest BCUT2D eigenvalue weighted by Crippen LogP contribution is -2.50. The highest BCUT2D eigenvalue weighted by atomic mass is 16.1. The van der Waals surface area contributed by atoms with E-state index >= 15 is 0 Å². The van der Waals surface area contributed by atoms with Crippen molar-refractivity contribution in [3.8, 4) is 0 Å². The minimum atomic E-state index is 0.0612. The Morgan fingerprint density at radius 2 is 2.27 bits per heavy atom. The summed E-state index contributed by atoms with van der Waals surface area (Å²) in [5.41, 5.74) is 0.0612. The zero-order valence-electron chi connectivity index (χ0n) is 7.40. The summed E-state index contributed by atoms with van der Waals surface area (Å²) in [7, 11) is 0. The van der Waals surface area contributed by atoms with Gasteiger partial charge in [-0.2, -0.15) is 0 Å². The molecule has 1 atom stereocenters. The van der Waals surface area contributed by atoms with E-state index in [1.165, 1.54) is 0 Å². The molecule has 1 aliphatic rings. The van der Waals surface area contributed by atoms with Gasteiger partial charge in [-0.3, -0.25) is 4.79 Å². The van der Waals surface area contributed by atoms with Crippen LogP contribution in [0.1, 0.15) is 27.2 Å². The molecule has 1 unspecified atom stereocenters. The quantitative estimate of drug-likeness (QED) is 0.572. The van der Waals surface area contributed by atoms with E-state index in [1.54, 1.807) is 6.92 Å². The molecule has 1 aliphatic heterocycles. The average Bonchev–Trinajstić information content (AvgIpc) is 2.10. The third kappa shape index (κ3) is 1.93. The molecule has 0 aliphatic carbocycles. The van der Waals surface area contributed by atoms with Gasteiger partial charge in [-0.1, -0.05) is 0 Å². The van der Waals surface area contributed by atoms with Crippen molar-refractivity contribution in [1.29, 1.82) is 0 Å². The van der Waals surface area contributed by atoms with Gasteiger partial charge in [0.2, 0.25) is 5.91 Å². The lowest BCUT2D eigenvalue weighted by Gasteiger charge is -2.27. The van der Waals surface area contributed by atoms with E-state index in [4.69, 9.17) is 0 Å². The summed E-state index contributed by atoms with van der Waals surface area (Å²) >= 11 is 0. The summed E-state index contributed by atoms with van der Waals surface area (Å²) < 4.78 is 0. The smallest absolute Gasteiger partial charge is 0.217 e. The van der Waals surface area contributed by atoms with Gasteiger partial charge in [-0.05, 0) is 26.8 Å². The van der Waals surface area contributed by atoms with Crippen molar-refractivity contribution >= 4 is 5.91 Å². The molecule has 2 N–H and O–H groups in total. The molecule has 1 amide bonds. The van der Waals surface area contributed by atoms with Crippen LogP contribution in [0, 0.1) is 0 Å². The molecule has 0 radical (unpaired) electrons. The van der Waals surface area contributed by atoms with Gasteiger partial charge in [0.1, 0.15) is 0 Å². The van der Waals surface area contributed by atoms with E-state index in [9.17, 15) is 4.79 Å². The molecular formula is C8H16N2O. The summed E-state index contributed by atoms with van der Waals surface area (Å²) in [6, 6.07) is 0.292. The molecule has 0 saturated carbocycles. The fraction of sp³-hybridized carbons (Fsp3) is 0.875. The SMILES string of the molecule is CC(=O)NC1CCNC1(C)C. The monoisotopic (exact) mass is 156 g/mol. The molecule has 0 spiro atoms. The molecule has 0 aromatic rings. The second kappa shape index (κ2) is 2.81. The molecule has 0 aromatic carbocycles. The van der Waals surface area contributed by atoms with Gasteiger partial charge in [-0.15, -0.1) is 0 Å². The minimum Gasteiger partial charge on any atom is -0.352 e. The van der Waals surface area contributed by atoms with Crippen molar-refractivity contribution in [1.82, 2.24) is 10.6 Å². The summed E-state index contributed by atoms with van der Waals surface area (Å²) in [5.74, 6) is 0.0618. The minimum absolute atomic E-state index is 0.0612. The van der Waals surface area contributed by atoms with Crippen LogP contribution in [-0.2, 0) is 4.79 Å². The molecular weight excluding hydrogens is 140 g/mol. The summed E-state index contributed by atoms with van der Waals surface area (Å²) in [5, 5.41) is 6.27. The van der Waals surface area contributed by atoms with Crippen LogP contribution in [0.25, 0.3) is 0 Å². The second-order valence-corrected chi connectivity index (χ2v) is 3.69. The predicted octanol–water partition coefficient (Wildman–Crippen LogP) is 0.263. The van der Waals surface area contributed by atoms with Crippen LogP contribution in [-0.4, -0.2) is 24.0 Å². The van der Waals surface area contributed by atoms with E-state index in [0.717, 1.165) is 13.0 Å². The van der Waals surface area contributed by atoms with Crippen LogP contribution in [0.2, 0.25) is 0 Å². The topological polar surface area (TPSA) is 41.1 Å². The molecule has 64 valence electrons. The number of hydrogen-bond donors (Lipinski definition) is 2. The van der Waals surface area contributed by atoms with Crippen LogP contribution >= 0.6 is 0 Å². The fourth-order valence-electron chi connectivity index (χ4n) is 1.52. The molecule has 3 heteroatoms. The maximum absolute atomic E-state index is 10.7. The highest BCUT2D eigenvalue weighted by Crippen LogP contribution is 2.17. The first-order valence-corrected chi connectivity index (χ1v) is 4.04. The Kier molecular flexibility index (Phi) is 2.18. The summed E-state index contributed by atoms with van der Waals surface area (Å²) in [6.07, 6.45) is 1.03. The van der Waals surface area contributed by atoms with E-state index in [0.29, 0.717) is 6.04 Å². The average molecular weight is 156 g/mol. The Morgan fingerprint density at radius 3 is 2.64 bits per heavy atom. The standard InChI is InChI=1S/C8H16N2O/c1-6(11)10-7-4-5-9-8(7,2)3/h7,9H,4-5H2,1-3H3,(H,10,11). The third-order valence-corrected chi connectivity index (χ3v) is 2.26. The molecule has 1 saturated heterocycles. The Labute approximate surface area is 67.5 Å². The van der Waals surface area contributed by atoms with E-state index in [-0.39, 0.29) is 11.4 Å². The first kappa shape index (κ1) is 8.53. The zero-order chi connectivity index (χ0) is 8.48. The highest BCUT2D eigenvalue weighted by Gasteiger charge is 2.34. The van der Waals surface area contributed by atoms with Gasteiger partial charge in [0, 0.05) is 18.5 Å². The molecule has 0 bridgehead atoms. The van der Waals surface area contributed by atoms with Crippen molar-refractivity contribution in [2.75, 3.05) is 6.54 Å². The maximum Gasteiger partial charge on any atom is 0.217 e. The van der Waals surface area contributed by atoms with Crippen LogP contribution in [0.15, 0.2) is 0 Å². The molecule has 0 aromatic heterocycles. The third-order valence-electron chi connectivity index (χ3n) is 2.26. The number of hydrogen-bond acceptors (Lipinski definition) is 2. The Bertz CT molecular complexity index is 165. The lowest BCUT2D eigenvalue weighted by molar-refractivity contribution is -0.119. The largest absolute Gasteiger partial charge is 0.352 e. The fourth-order valence-corrected chi connectivity index (χ4v) is 1.52. The number of carbonyl (C=O) groups is 1. The van der Waals surface area contributed by atoms with Crippen molar-refractivity contribution in [2.24, 2.45) is 0 Å². The van der Waals surface area contributed by atoms with Gasteiger partial charge < -0.3 is 10.6 Å². The van der Waals surface area contributed by atoms with E-state index in [1.807, 2.05) is 0 Å². The lowest BCUT2D eigenvalue weighted by atomic mass is 9.97. The second-order valence-electron chi connectivity index (χ2n) is 3.69.